The molecule has 0 aliphatic carbocycles. The van der Waals surface area contributed by atoms with E-state index >= 15 is 0 Å². The van der Waals surface area contributed by atoms with Gasteiger partial charge in [0, 0.05) is 20.9 Å². The third-order valence-electron chi connectivity index (χ3n) is 14.2. The number of ether oxygens (including phenoxy) is 1. The van der Waals surface area contributed by atoms with Crippen molar-refractivity contribution in [1.29, 1.82) is 0 Å². The maximum absolute atomic E-state index is 6.16. The molecule has 10 heteroatoms. The fraction of sp³-hybridized carbons (Fsp3) is 0.174. The van der Waals surface area contributed by atoms with Crippen LogP contribution in [-0.2, 0) is 35.5 Å². The number of benzene rings is 6. The van der Waals surface area contributed by atoms with E-state index < -0.39 is 7.26 Å². The Labute approximate surface area is 487 Å². The van der Waals surface area contributed by atoms with Crippen LogP contribution in [0.3, 0.4) is 0 Å². The van der Waals surface area contributed by atoms with Gasteiger partial charge in [0.15, 0.2) is 0 Å². The summed E-state index contributed by atoms with van der Waals surface area (Å²) in [5.74, 6) is 8.68. The van der Waals surface area contributed by atoms with Gasteiger partial charge in [0.1, 0.15) is 0 Å². The first kappa shape index (κ1) is 54.2. The second-order valence-electron chi connectivity index (χ2n) is 20.5. The van der Waals surface area contributed by atoms with E-state index in [2.05, 4.69) is 246 Å². The van der Waals surface area contributed by atoms with Crippen molar-refractivity contribution in [1.82, 2.24) is 18.7 Å². The van der Waals surface area contributed by atoms with Crippen LogP contribution in [-0.4, -0.2) is 31.9 Å². The molecule has 1 saturated heterocycles. The average molecular weight is 1280 g/mol. The summed E-state index contributed by atoms with van der Waals surface area (Å²) in [6.07, 6.45) is 10.6. The van der Waals surface area contributed by atoms with E-state index in [9.17, 15) is 0 Å². The molecule has 391 valence electrons. The van der Waals surface area contributed by atoms with Gasteiger partial charge < -0.3 is 0 Å². The van der Waals surface area contributed by atoms with E-state index in [0.717, 1.165) is 99.6 Å². The molecule has 0 bridgehead atoms. The van der Waals surface area contributed by atoms with Crippen LogP contribution in [0, 0.1) is 28.0 Å². The summed E-state index contributed by atoms with van der Waals surface area (Å²) in [4.78, 5) is 16.0. The number of thiophene rings is 2. The van der Waals surface area contributed by atoms with Gasteiger partial charge >= 0.3 is 336 Å². The molecule has 5 nitrogen and oxygen atoms in total. The van der Waals surface area contributed by atoms with Crippen LogP contribution in [0.5, 0.6) is 0 Å². The first-order valence-corrected chi connectivity index (χ1v) is 32.2. The zero-order chi connectivity index (χ0) is 54.5. The minimum absolute atomic E-state index is 0.359. The van der Waals surface area contributed by atoms with Gasteiger partial charge in [-0.2, -0.15) is 0 Å². The summed E-state index contributed by atoms with van der Waals surface area (Å²) in [5, 5.41) is 4.82. The molecule has 0 unspecified atom stereocenters. The normalized spacial score (nSPS) is 14.2. The number of allylic oxidation sites excluding steroid dienone is 5. The Morgan fingerprint density at radius 3 is 1.56 bits per heavy atom. The molecule has 0 atom stereocenters. The van der Waals surface area contributed by atoms with Crippen molar-refractivity contribution in [2.75, 3.05) is 13.2 Å². The molecule has 11 rings (SSSR count). The molecule has 5 heterocycles. The topological polar surface area (TPSA) is 60.8 Å². The number of fused-ring (bicyclic) bond motifs is 2. The standard InChI is InChI=1S/C69H59N4OPS3.Os/c1-8-25-58-52(38-45(3)4)41-60(76-58)62-66-67(71-65(50-28-17-11-18-29-50)64(70-66)49-26-15-10-16-27-49)63(69-68(62)72-78-73-69)61-42-53(39-46(5)6)59(77-61)37-36-51(40-54-44-74-43-48(54)9-2)47(7)75(55-30-19-12-20-31-55,56-32-21-13-22-33-56)57-34-23-14-24-35-57;/h8-35,40-42,45-46H,38-39,43-44H2,1-6H3;/q+1;/b25-8+,48-9?,51-47?,54-40?;. The van der Waals surface area contributed by atoms with Crippen molar-refractivity contribution in [3.63, 3.8) is 0 Å². The third-order valence-corrected chi connectivity index (χ3v) is 22.3. The summed E-state index contributed by atoms with van der Waals surface area (Å²) in [6, 6.07) is 58.7. The van der Waals surface area contributed by atoms with E-state index in [1.165, 1.54) is 49.2 Å². The second kappa shape index (κ2) is 24.3. The molecule has 1 aliphatic heterocycles. The third kappa shape index (κ3) is 10.9. The van der Waals surface area contributed by atoms with Gasteiger partial charge in [-0.05, 0) is 37.0 Å². The Hall–Kier alpha value is -6.79. The molecule has 1 aliphatic rings. The molecule has 4 aromatic heterocycles. The summed E-state index contributed by atoms with van der Waals surface area (Å²) in [6.45, 7) is 14.4. The molecule has 79 heavy (non-hydrogen) atoms. The van der Waals surface area contributed by atoms with Crippen LogP contribution < -0.4 is 15.9 Å². The van der Waals surface area contributed by atoms with E-state index in [1.54, 1.807) is 40.6 Å². The molecule has 0 N–H and O–H groups in total. The van der Waals surface area contributed by atoms with Crippen LogP contribution in [0.1, 0.15) is 62.4 Å². The number of rotatable bonds is 14. The van der Waals surface area contributed by atoms with Crippen molar-refractivity contribution >= 4 is 85.7 Å². The predicted octanol–water partition coefficient (Wildman–Crippen LogP) is 16.9. The van der Waals surface area contributed by atoms with Crippen molar-refractivity contribution < 1.29 is 22.7 Å². The molecular weight excluding hydrogens is 1220 g/mol. The summed E-state index contributed by atoms with van der Waals surface area (Å²) in [5.41, 5.74) is 14.6. The van der Waals surface area contributed by atoms with Crippen LogP contribution in [0.25, 0.3) is 71.5 Å². The van der Waals surface area contributed by atoms with Crippen molar-refractivity contribution in [2.24, 2.45) is 11.8 Å². The number of hydrogen-bond donors (Lipinski definition) is 0. The van der Waals surface area contributed by atoms with E-state index in [4.69, 9.17) is 23.5 Å². The summed E-state index contributed by atoms with van der Waals surface area (Å²) in [7, 11) is -2.61. The van der Waals surface area contributed by atoms with Gasteiger partial charge in [0.25, 0.3) is 0 Å². The van der Waals surface area contributed by atoms with Crippen molar-refractivity contribution in [3.8, 4) is 59.6 Å². The number of aromatic nitrogens is 4. The Balaban J connectivity index is 1.21. The van der Waals surface area contributed by atoms with Gasteiger partial charge in [0.05, 0.1) is 5.69 Å². The van der Waals surface area contributed by atoms with Gasteiger partial charge in [-0.25, -0.2) is 0 Å². The van der Waals surface area contributed by atoms with Crippen LogP contribution in [0.2, 0.25) is 0 Å². The fourth-order valence-corrected chi connectivity index (χ4v) is 19.3. The molecule has 0 radical (unpaired) electrons. The van der Waals surface area contributed by atoms with Gasteiger partial charge in [-0.1, -0.05) is 80.6 Å². The van der Waals surface area contributed by atoms with Gasteiger partial charge in [0.2, 0.25) is 0 Å². The minimum atomic E-state index is -2.61. The van der Waals surface area contributed by atoms with Crippen LogP contribution in [0.4, 0.5) is 0 Å². The van der Waals surface area contributed by atoms with Crippen LogP contribution >= 0.6 is 41.7 Å². The predicted molar refractivity (Wildman–Crippen MR) is 335 cm³/mol. The van der Waals surface area contributed by atoms with E-state index in [1.807, 2.05) is 0 Å². The first-order valence-electron chi connectivity index (χ1n) is 26.8. The van der Waals surface area contributed by atoms with E-state index in [-0.39, 0.29) is 0 Å². The zero-order valence-corrected chi connectivity index (χ0v) is 51.0. The molecule has 1 fully saturated rings. The molecule has 10 aromatic rings. The maximum atomic E-state index is 6.16. The zero-order valence-electron chi connectivity index (χ0n) is 45.1. The van der Waals surface area contributed by atoms with E-state index in [0.29, 0.717) is 25.0 Å². The second-order valence-corrected chi connectivity index (χ2v) is 27.1. The Bertz CT molecular complexity index is 3990. The Morgan fingerprint density at radius 2 is 1.08 bits per heavy atom. The molecule has 0 amide bonds. The average Bonchev–Trinajstić information content (AvgIpc) is 4.48. The molecular formula is C69H59N4OOsPS3+. The summed E-state index contributed by atoms with van der Waals surface area (Å²) < 4.78 is 20.4. The molecule has 6 aromatic carbocycles. The summed E-state index contributed by atoms with van der Waals surface area (Å²) >= 11 is 6.55. The Kier molecular flexibility index (Phi) is 16.7. The van der Waals surface area contributed by atoms with Gasteiger partial charge in [-0.15, -0.1) is 11.3 Å². The quantitative estimate of drug-likeness (QED) is 0.0802. The van der Waals surface area contributed by atoms with Gasteiger partial charge in [-0.3, -0.25) is 0 Å². The van der Waals surface area contributed by atoms with Crippen molar-refractivity contribution in [2.45, 2.75) is 54.4 Å². The number of nitrogens with zero attached hydrogens (tertiary/aromatic N) is 4. The Morgan fingerprint density at radius 1 is 0.608 bits per heavy atom. The van der Waals surface area contributed by atoms with Crippen molar-refractivity contribution in [3.05, 3.63) is 225 Å². The molecule has 0 spiro atoms. The monoisotopic (exact) mass is 1280 g/mol. The number of hydrogen-bond acceptors (Lipinski definition) is 8. The SMILES string of the molecule is CC=C1COCC1=CC(C#Cc1sc(-c2c3nsnc3c(-c3cc(CC(C)C)c(/C=C/C)s3)c3nc(-c4ccccc4)c(-c4ccccc4)nc23)cc1CC(C)C)=C([C]#[Os])[P+](c1ccccc1)(c1ccccc1)c1ccccc1. The van der Waals surface area contributed by atoms with Crippen LogP contribution in [0.15, 0.2) is 204 Å². The molecule has 0 saturated carbocycles. The fourth-order valence-electron chi connectivity index (χ4n) is 10.7. The first-order chi connectivity index (χ1) is 38.7.